The van der Waals surface area contributed by atoms with Crippen LogP contribution in [0.4, 0.5) is 11.4 Å². The maximum atomic E-state index is 12.9. The lowest BCUT2D eigenvalue weighted by atomic mass is 10.0. The largest absolute Gasteiger partial charge is 0.496 e. The van der Waals surface area contributed by atoms with Gasteiger partial charge in [0, 0.05) is 38.9 Å². The van der Waals surface area contributed by atoms with Gasteiger partial charge in [-0.25, -0.2) is 0 Å². The number of amides is 2. The summed E-state index contributed by atoms with van der Waals surface area (Å²) in [5, 5.41) is 6.07. The van der Waals surface area contributed by atoms with Crippen LogP contribution < -0.4 is 25.8 Å². The van der Waals surface area contributed by atoms with E-state index in [0.29, 0.717) is 42.4 Å². The number of halogens is 1. The Morgan fingerprint density at radius 2 is 1.89 bits per heavy atom. The summed E-state index contributed by atoms with van der Waals surface area (Å²) in [6.45, 7) is 2.53. The molecule has 0 spiro atoms. The summed E-state index contributed by atoms with van der Waals surface area (Å²) in [4.78, 5) is 38.4. The average Bonchev–Trinajstić information content (AvgIpc) is 2.82. The van der Waals surface area contributed by atoms with Crippen LogP contribution in [0.1, 0.15) is 23.7 Å². The van der Waals surface area contributed by atoms with Crippen molar-refractivity contribution in [3.63, 3.8) is 0 Å². The smallest absolute Gasteiger partial charge is 0.308 e. The number of nitrogens with one attached hydrogen (secondary N) is 2. The number of nitrogens with zero attached hydrogens (tertiary/aromatic N) is 1. The number of carbonyl (C=O) groups excluding carboxylic acids is 3. The van der Waals surface area contributed by atoms with Gasteiger partial charge >= 0.3 is 5.97 Å². The van der Waals surface area contributed by atoms with E-state index in [-0.39, 0.29) is 41.1 Å². The van der Waals surface area contributed by atoms with Crippen LogP contribution >= 0.6 is 11.6 Å². The van der Waals surface area contributed by atoms with Gasteiger partial charge in [0.15, 0.2) is 0 Å². The molecule has 0 radical (unpaired) electrons. The third-order valence-electron chi connectivity index (χ3n) is 5.59. The van der Waals surface area contributed by atoms with Crippen molar-refractivity contribution in [2.45, 2.75) is 25.5 Å². The van der Waals surface area contributed by atoms with Gasteiger partial charge in [0.25, 0.3) is 5.91 Å². The standard InChI is InChI=1S/C24H29ClN4O6/c1-14(30)35-16-6-4-15(5-7-16)27-23(31)13-29-9-8-20(22(12-29)34-3)28-24(32)17-10-18(25)19(26)11-21(17)33-2/h4-7,10-11,20,22H,8-9,12-13,26H2,1-3H3,(H,27,31)(H,28,32)/t20-,22+/m1/s1. The van der Waals surface area contributed by atoms with E-state index in [9.17, 15) is 14.4 Å². The van der Waals surface area contributed by atoms with Crippen molar-refractivity contribution in [1.82, 2.24) is 10.2 Å². The van der Waals surface area contributed by atoms with Gasteiger partial charge in [-0.3, -0.25) is 19.3 Å². The molecule has 0 unspecified atom stereocenters. The molecule has 1 heterocycles. The van der Waals surface area contributed by atoms with E-state index in [1.807, 2.05) is 4.90 Å². The second-order valence-electron chi connectivity index (χ2n) is 8.12. The van der Waals surface area contributed by atoms with Crippen molar-refractivity contribution in [3.8, 4) is 11.5 Å². The highest BCUT2D eigenvalue weighted by molar-refractivity contribution is 6.33. The summed E-state index contributed by atoms with van der Waals surface area (Å²) in [7, 11) is 3.02. The van der Waals surface area contributed by atoms with Gasteiger partial charge < -0.3 is 30.6 Å². The van der Waals surface area contributed by atoms with E-state index >= 15 is 0 Å². The lowest BCUT2D eigenvalue weighted by molar-refractivity contribution is -0.131. The van der Waals surface area contributed by atoms with E-state index in [2.05, 4.69) is 10.6 Å². The number of ether oxygens (including phenoxy) is 3. The first kappa shape index (κ1) is 26.3. The number of nitrogens with two attached hydrogens (primary N) is 1. The molecule has 35 heavy (non-hydrogen) atoms. The number of likely N-dealkylation sites (tertiary alicyclic amines) is 1. The SMILES string of the molecule is COc1cc(N)c(Cl)cc1C(=O)N[C@@H]1CCN(CC(=O)Nc2ccc(OC(C)=O)cc2)C[C@@H]1OC. The summed E-state index contributed by atoms with van der Waals surface area (Å²) in [5.41, 5.74) is 6.99. The Hall–Kier alpha value is -3.34. The lowest BCUT2D eigenvalue weighted by Gasteiger charge is -2.37. The van der Waals surface area contributed by atoms with Crippen molar-refractivity contribution >= 4 is 40.8 Å². The number of methoxy groups -OCH3 is 2. The predicted molar refractivity (Wildman–Crippen MR) is 132 cm³/mol. The summed E-state index contributed by atoms with van der Waals surface area (Å²) < 4.78 is 15.9. The van der Waals surface area contributed by atoms with E-state index < -0.39 is 5.97 Å². The molecule has 0 aliphatic carbocycles. The zero-order valence-electron chi connectivity index (χ0n) is 19.8. The molecule has 2 atom stereocenters. The minimum absolute atomic E-state index is 0.160. The zero-order valence-corrected chi connectivity index (χ0v) is 20.6. The Morgan fingerprint density at radius 1 is 1.17 bits per heavy atom. The Kier molecular flexibility index (Phi) is 8.91. The van der Waals surface area contributed by atoms with Gasteiger partial charge in [0.05, 0.1) is 42.1 Å². The van der Waals surface area contributed by atoms with Crippen LogP contribution in [0.25, 0.3) is 0 Å². The lowest BCUT2D eigenvalue weighted by Crippen LogP contribution is -2.55. The predicted octanol–water partition coefficient (Wildman–Crippen LogP) is 2.31. The molecule has 2 aromatic carbocycles. The molecule has 11 heteroatoms. The molecule has 1 aliphatic rings. The van der Waals surface area contributed by atoms with Crippen LogP contribution in [0.15, 0.2) is 36.4 Å². The maximum Gasteiger partial charge on any atom is 0.308 e. The molecule has 188 valence electrons. The van der Waals surface area contributed by atoms with Crippen molar-refractivity contribution < 1.29 is 28.6 Å². The van der Waals surface area contributed by atoms with Crippen LogP contribution in [-0.4, -0.2) is 68.7 Å². The van der Waals surface area contributed by atoms with Crippen molar-refractivity contribution in [2.75, 3.05) is 44.9 Å². The van der Waals surface area contributed by atoms with Crippen molar-refractivity contribution in [3.05, 3.63) is 47.0 Å². The highest BCUT2D eigenvalue weighted by Crippen LogP contribution is 2.29. The van der Waals surface area contributed by atoms with Gasteiger partial charge in [-0.1, -0.05) is 11.6 Å². The zero-order chi connectivity index (χ0) is 25.5. The number of benzene rings is 2. The van der Waals surface area contributed by atoms with E-state index in [4.69, 9.17) is 31.5 Å². The van der Waals surface area contributed by atoms with Crippen LogP contribution in [0, 0.1) is 0 Å². The van der Waals surface area contributed by atoms with Crippen LogP contribution in [0.3, 0.4) is 0 Å². The molecule has 10 nitrogen and oxygen atoms in total. The molecular weight excluding hydrogens is 476 g/mol. The van der Waals surface area contributed by atoms with Gasteiger partial charge in [-0.15, -0.1) is 0 Å². The third kappa shape index (κ3) is 7.08. The number of rotatable bonds is 8. The quantitative estimate of drug-likeness (QED) is 0.283. The number of piperidine rings is 1. The molecule has 3 rings (SSSR count). The second-order valence-corrected chi connectivity index (χ2v) is 8.53. The fraction of sp³-hybridized carbons (Fsp3) is 0.375. The van der Waals surface area contributed by atoms with Crippen LogP contribution in [0.2, 0.25) is 5.02 Å². The minimum Gasteiger partial charge on any atom is -0.496 e. The number of esters is 1. The molecule has 2 amide bonds. The number of carbonyl (C=O) groups is 3. The highest BCUT2D eigenvalue weighted by Gasteiger charge is 2.32. The first-order chi connectivity index (χ1) is 16.7. The van der Waals surface area contributed by atoms with Gasteiger partial charge in [0.2, 0.25) is 5.91 Å². The first-order valence-corrected chi connectivity index (χ1v) is 11.3. The highest BCUT2D eigenvalue weighted by atomic mass is 35.5. The fourth-order valence-electron chi connectivity index (χ4n) is 3.87. The summed E-state index contributed by atoms with van der Waals surface area (Å²) in [5.74, 6) is -0.219. The monoisotopic (exact) mass is 504 g/mol. The van der Waals surface area contributed by atoms with Crippen LogP contribution in [-0.2, 0) is 14.3 Å². The van der Waals surface area contributed by atoms with Gasteiger partial charge in [0.1, 0.15) is 11.5 Å². The molecule has 0 aromatic heterocycles. The molecular formula is C24H29ClN4O6. The molecule has 1 aliphatic heterocycles. The average molecular weight is 505 g/mol. The Balaban J connectivity index is 1.55. The van der Waals surface area contributed by atoms with E-state index in [1.54, 1.807) is 31.4 Å². The molecule has 0 bridgehead atoms. The Labute approximate surface area is 208 Å². The maximum absolute atomic E-state index is 12.9. The fourth-order valence-corrected chi connectivity index (χ4v) is 4.03. The van der Waals surface area contributed by atoms with E-state index in [0.717, 1.165) is 0 Å². The summed E-state index contributed by atoms with van der Waals surface area (Å²) in [6.07, 6.45) is 0.262. The van der Waals surface area contributed by atoms with Crippen molar-refractivity contribution in [1.29, 1.82) is 0 Å². The second kappa shape index (κ2) is 11.9. The van der Waals surface area contributed by atoms with Crippen molar-refractivity contribution in [2.24, 2.45) is 0 Å². The van der Waals surface area contributed by atoms with Crippen LogP contribution in [0.5, 0.6) is 11.5 Å². The Bertz CT molecular complexity index is 1080. The molecule has 2 aromatic rings. The normalized spacial score (nSPS) is 17.9. The van der Waals surface area contributed by atoms with Gasteiger partial charge in [-0.2, -0.15) is 0 Å². The number of hydrogen-bond acceptors (Lipinski definition) is 8. The Morgan fingerprint density at radius 3 is 2.51 bits per heavy atom. The first-order valence-electron chi connectivity index (χ1n) is 11.0. The molecule has 4 N–H and O–H groups in total. The number of nitrogen functional groups attached to an aromatic ring is 1. The summed E-state index contributed by atoms with van der Waals surface area (Å²) in [6, 6.07) is 9.26. The molecule has 1 saturated heterocycles. The molecule has 0 saturated carbocycles. The number of hydrogen-bond donors (Lipinski definition) is 3. The topological polar surface area (TPSA) is 132 Å². The number of anilines is 2. The van der Waals surface area contributed by atoms with Gasteiger partial charge in [-0.05, 0) is 36.8 Å². The third-order valence-corrected chi connectivity index (χ3v) is 5.92. The van der Waals surface area contributed by atoms with E-state index in [1.165, 1.54) is 26.2 Å². The molecule has 1 fully saturated rings. The minimum atomic E-state index is -0.412. The summed E-state index contributed by atoms with van der Waals surface area (Å²) >= 11 is 6.09.